The monoisotopic (exact) mass is 1770 g/mol. The third kappa shape index (κ3) is 64.1. The summed E-state index contributed by atoms with van der Waals surface area (Å²) in [4.78, 5) is 150. The zero-order valence-electron chi connectivity index (χ0n) is 74.4. The molecule has 13 aliphatic rings. The zero-order valence-corrected chi connectivity index (χ0v) is 74.4. The third-order valence-corrected chi connectivity index (χ3v) is 18.5. The number of hydrogen-bond acceptors (Lipinski definition) is 34. The van der Waals surface area contributed by atoms with Crippen molar-refractivity contribution >= 4 is 83.2 Å². The molecule has 0 aromatic rings. The van der Waals surface area contributed by atoms with Crippen molar-refractivity contribution in [2.45, 2.75) is 239 Å². The lowest BCUT2D eigenvalue weighted by molar-refractivity contribution is -0.174. The first-order chi connectivity index (χ1) is 60.0. The lowest BCUT2D eigenvalue weighted by atomic mass is 9.86. The molecule has 3 aliphatic carbocycles. The van der Waals surface area contributed by atoms with Gasteiger partial charge >= 0.3 is 60.1 Å². The van der Waals surface area contributed by atoms with Gasteiger partial charge in [0.1, 0.15) is 91.9 Å². The molecule has 9 atom stereocenters. The number of carbonyl (C=O) groups is 14. The van der Waals surface area contributed by atoms with Crippen LogP contribution in [0.1, 0.15) is 202 Å². The summed E-state index contributed by atoms with van der Waals surface area (Å²) >= 11 is 0. The van der Waals surface area contributed by atoms with E-state index in [0.29, 0.717) is 145 Å². The largest absolute Gasteiger partial charge is 0.508 e. The SMILES string of the molecule is C#CCC1CCCCC1=O.C=CC1CCCCC1=O.C=CCC1CCCCC1=O.C=CCCC(=O)OCC1CO1.C=CCCC(=O)OCCC1CO1.C=CCOC(=O)C1(C)COC(=O)OC1.C=CCOCC1CO1.CC1CO1.CCOC(=O)C1(C)COC(=O)OC1.CCOC(C)OCC1CO1.O=C1CCCCO1.O=C1CCOC(=O)CC1.O=C1COC(=O)CO1. The number of carbonyl (C=O) groups excluding carboxylic acids is 14. The smallest absolute Gasteiger partial charge is 0.466 e. The third-order valence-electron chi connectivity index (χ3n) is 18.5. The Balaban J connectivity index is 0.000000681. The minimum absolute atomic E-state index is 0.0121. The second-order valence-electron chi connectivity index (χ2n) is 30.2. The number of terminal acetylenes is 1. The average molecular weight is 1780 g/mol. The van der Waals surface area contributed by atoms with E-state index in [1.54, 1.807) is 45.1 Å². The van der Waals surface area contributed by atoms with Gasteiger partial charge in [-0.05, 0) is 112 Å². The van der Waals surface area contributed by atoms with Gasteiger partial charge in [0.25, 0.3) is 0 Å². The summed E-state index contributed by atoms with van der Waals surface area (Å²) in [6.45, 7) is 40.9. The lowest BCUT2D eigenvalue weighted by Crippen LogP contribution is -2.44. The van der Waals surface area contributed by atoms with Crippen LogP contribution in [-0.2, 0) is 152 Å². The molecule has 10 saturated heterocycles. The molecule has 0 spiro atoms. The topological polar surface area (TPSA) is 440 Å². The first-order valence-corrected chi connectivity index (χ1v) is 42.9. The molecule has 9 unspecified atom stereocenters. The summed E-state index contributed by atoms with van der Waals surface area (Å²) in [5.74, 6) is 2.16. The molecule has 706 valence electrons. The van der Waals surface area contributed by atoms with E-state index in [1.165, 1.54) is 25.3 Å². The van der Waals surface area contributed by atoms with Crippen LogP contribution in [0.15, 0.2) is 75.9 Å². The van der Waals surface area contributed by atoms with E-state index in [1.807, 2.05) is 19.9 Å². The van der Waals surface area contributed by atoms with Crippen molar-refractivity contribution in [3.8, 4) is 12.3 Å². The molecule has 10 heterocycles. The van der Waals surface area contributed by atoms with Crippen LogP contribution in [0.3, 0.4) is 0 Å². The second kappa shape index (κ2) is 70.8. The van der Waals surface area contributed by atoms with Gasteiger partial charge in [0, 0.05) is 88.6 Å². The summed E-state index contributed by atoms with van der Waals surface area (Å²) in [7, 11) is 0. The Bertz CT molecular complexity index is 3230. The fraction of sp³-hybridized carbons (Fsp3) is 0.692. The molecule has 13 rings (SSSR count). The number of rotatable bonds is 29. The summed E-state index contributed by atoms with van der Waals surface area (Å²) in [6, 6.07) is 0. The normalized spacial score (nSPS) is 23.1. The van der Waals surface area contributed by atoms with E-state index in [4.69, 9.17) is 63.3 Å². The maximum absolute atomic E-state index is 11.4. The van der Waals surface area contributed by atoms with Crippen molar-refractivity contribution in [3.63, 3.8) is 0 Å². The summed E-state index contributed by atoms with van der Waals surface area (Å²) in [5, 5.41) is 0. The summed E-state index contributed by atoms with van der Waals surface area (Å²) in [5.41, 5.74) is -1.76. The summed E-state index contributed by atoms with van der Waals surface area (Å²) in [6.07, 6.45) is 36.3. The molecule has 125 heavy (non-hydrogen) atoms. The van der Waals surface area contributed by atoms with E-state index in [-0.39, 0.29) is 113 Å². The molecular formula is C91H138O34. The van der Waals surface area contributed by atoms with Gasteiger partial charge < -0.3 is 94.7 Å². The molecule has 13 fully saturated rings. The molecule has 34 heteroatoms. The van der Waals surface area contributed by atoms with Gasteiger partial charge in [-0.25, -0.2) is 19.2 Å². The Morgan fingerprint density at radius 3 is 1.36 bits per heavy atom. The highest BCUT2D eigenvalue weighted by Gasteiger charge is 2.43. The van der Waals surface area contributed by atoms with E-state index < -0.39 is 47.0 Å². The molecule has 0 amide bonds. The molecule has 0 aromatic heterocycles. The highest BCUT2D eigenvalue weighted by Crippen LogP contribution is 2.28. The van der Waals surface area contributed by atoms with Gasteiger partial charge in [0.05, 0.1) is 97.9 Å². The van der Waals surface area contributed by atoms with Crippen LogP contribution in [0, 0.1) is 40.9 Å². The number of cyclic esters (lactones) is 8. The number of esters is 8. The van der Waals surface area contributed by atoms with Crippen LogP contribution in [0.5, 0.6) is 0 Å². The number of allylic oxidation sites excluding steroid dienone is 4. The molecule has 3 saturated carbocycles. The highest BCUT2D eigenvalue weighted by molar-refractivity contribution is 5.86. The average Bonchev–Trinajstić information content (AvgIpc) is 1.78. The van der Waals surface area contributed by atoms with E-state index >= 15 is 0 Å². The molecular weight excluding hydrogens is 1640 g/mol. The van der Waals surface area contributed by atoms with Crippen molar-refractivity contribution in [1.29, 1.82) is 0 Å². The highest BCUT2D eigenvalue weighted by atomic mass is 16.7. The number of Topliss-reactive ketones (excluding diaryl/α,β-unsaturated/α-hetero) is 4. The molecule has 0 radical (unpaired) electrons. The van der Waals surface area contributed by atoms with Crippen molar-refractivity contribution in [2.24, 2.45) is 28.6 Å². The van der Waals surface area contributed by atoms with Gasteiger partial charge in [-0.2, -0.15) is 0 Å². The Hall–Kier alpha value is -9.34. The Kier molecular flexibility index (Phi) is 64.4. The van der Waals surface area contributed by atoms with Gasteiger partial charge in [-0.1, -0.05) is 62.3 Å². The number of hydrogen-bond donors (Lipinski definition) is 0. The zero-order chi connectivity index (χ0) is 92.9. The van der Waals surface area contributed by atoms with Crippen molar-refractivity contribution in [3.05, 3.63) is 75.9 Å². The van der Waals surface area contributed by atoms with Gasteiger partial charge in [0.15, 0.2) is 19.5 Å². The van der Waals surface area contributed by atoms with Gasteiger partial charge in [-0.3, -0.25) is 47.9 Å². The van der Waals surface area contributed by atoms with Crippen LogP contribution in [0.2, 0.25) is 0 Å². The fourth-order valence-electron chi connectivity index (χ4n) is 10.5. The first kappa shape index (κ1) is 114. The second-order valence-corrected chi connectivity index (χ2v) is 30.2. The van der Waals surface area contributed by atoms with E-state index in [9.17, 15) is 67.1 Å². The molecule has 0 N–H and O–H groups in total. The van der Waals surface area contributed by atoms with Crippen LogP contribution in [0.25, 0.3) is 0 Å². The maximum atomic E-state index is 11.4. The van der Waals surface area contributed by atoms with Gasteiger partial charge in [-0.15, -0.1) is 45.2 Å². The maximum Gasteiger partial charge on any atom is 0.508 e. The predicted molar refractivity (Wildman–Crippen MR) is 452 cm³/mol. The van der Waals surface area contributed by atoms with Crippen LogP contribution < -0.4 is 0 Å². The van der Waals surface area contributed by atoms with E-state index in [0.717, 1.165) is 123 Å². The van der Waals surface area contributed by atoms with E-state index in [2.05, 4.69) is 90.2 Å². The Morgan fingerprint density at radius 1 is 0.472 bits per heavy atom. The quantitative estimate of drug-likeness (QED) is 0.0128. The molecule has 0 aromatic carbocycles. The lowest BCUT2D eigenvalue weighted by Gasteiger charge is -2.29. The standard InChI is InChI=1S/C9H12O5.C9H14O3.C9H14O.C9H12O.C8H12O5.C8H12O3.C8H12O.C7H14O3.C6H8O3.C6H10O2.C5H8O2.C4H4O4.C3H6O/c1-3-4-12-7(10)9(2)5-13-8(11)14-6-9;1-2-3-4-9(10)11-6-5-8-7-12-8;2*1-2-5-8-6-3-4-7-9(8)10;1-3-11-6(9)8(2)4-12-7(10)13-5-8;1-2-3-4-8(9)11-6-7-5-10-7;1-2-7-5-3-4-6-8(7)9;1-3-8-6(2)9-4-7-5-10-7;7-5-1-2-6(8)9-4-3-5;1-2-3-7-4-6-5-8-6;6-5-3-1-2-4-7-5;5-3-1-7-4(6)2-8-3;1-3-2-4-3/h3H,1,4-6H2,2H3;2,8H,1,3-7H2;2,8H,1,3-7H2;1,8H,3-7H2;3-5H2,1-2H3;2,7H,1,3-6H2;2,7H,1,3-6H2;6-7H,3-5H2,1-2H3;1-4H2;2,6H,1,3-5H2;1-4H2;1-2H2;3H,2H2,1H3. The number of epoxide rings is 5. The summed E-state index contributed by atoms with van der Waals surface area (Å²) < 4.78 is 95.5. The number of ketones is 4. The van der Waals surface area contributed by atoms with Gasteiger partial charge in [0.2, 0.25) is 0 Å². The minimum Gasteiger partial charge on any atom is -0.466 e. The van der Waals surface area contributed by atoms with Crippen LogP contribution >= 0.6 is 0 Å². The predicted octanol–water partition coefficient (Wildman–Crippen LogP) is 11.7. The number of ether oxygens (including phenoxy) is 20. The molecule has 34 nitrogen and oxygen atoms in total. The first-order valence-electron chi connectivity index (χ1n) is 42.9. The van der Waals surface area contributed by atoms with Crippen LogP contribution in [-0.4, -0.2) is 259 Å². The Labute approximate surface area is 736 Å². The molecule has 10 aliphatic heterocycles. The van der Waals surface area contributed by atoms with Crippen molar-refractivity contribution < 1.29 is 162 Å². The fourth-order valence-corrected chi connectivity index (χ4v) is 10.5. The Morgan fingerprint density at radius 2 is 0.944 bits per heavy atom. The molecule has 0 bridgehead atoms. The van der Waals surface area contributed by atoms with Crippen LogP contribution in [0.4, 0.5) is 9.59 Å². The van der Waals surface area contributed by atoms with Crippen molar-refractivity contribution in [1.82, 2.24) is 0 Å². The minimum atomic E-state index is -0.906. The van der Waals surface area contributed by atoms with Crippen molar-refractivity contribution in [2.75, 3.05) is 139 Å².